The maximum Gasteiger partial charge on any atom is 0.273 e. The lowest BCUT2D eigenvalue weighted by atomic mass is 10.1. The van der Waals surface area contributed by atoms with Gasteiger partial charge in [-0.1, -0.05) is 65.3 Å². The molecule has 152 valence electrons. The van der Waals surface area contributed by atoms with Gasteiger partial charge in [0.2, 0.25) is 0 Å². The summed E-state index contributed by atoms with van der Waals surface area (Å²) < 4.78 is 5.44. The van der Waals surface area contributed by atoms with Crippen molar-refractivity contribution in [3.05, 3.63) is 89.1 Å². The van der Waals surface area contributed by atoms with Gasteiger partial charge in [-0.3, -0.25) is 4.79 Å². The minimum absolute atomic E-state index is 0.0121. The van der Waals surface area contributed by atoms with Crippen LogP contribution in [0.1, 0.15) is 22.1 Å². The Hall–Kier alpha value is -3.15. The Kier molecular flexibility index (Phi) is 5.84. The maximum atomic E-state index is 12.6. The van der Waals surface area contributed by atoms with Crippen LogP contribution in [0.2, 0.25) is 5.02 Å². The first-order valence-corrected chi connectivity index (χ1v) is 10.0. The van der Waals surface area contributed by atoms with E-state index in [0.29, 0.717) is 17.3 Å². The summed E-state index contributed by atoms with van der Waals surface area (Å²) in [6, 6.07) is 23.4. The monoisotopic (exact) mass is 419 g/mol. The van der Waals surface area contributed by atoms with E-state index in [-0.39, 0.29) is 17.6 Å². The van der Waals surface area contributed by atoms with Crippen LogP contribution in [0.5, 0.6) is 0 Å². The summed E-state index contributed by atoms with van der Waals surface area (Å²) >= 11 is 5.99. The van der Waals surface area contributed by atoms with Crippen molar-refractivity contribution in [1.82, 2.24) is 15.4 Å². The van der Waals surface area contributed by atoms with Crippen molar-refractivity contribution < 1.29 is 9.32 Å². The van der Waals surface area contributed by atoms with Crippen LogP contribution in [0.3, 0.4) is 0 Å². The Labute approximate surface area is 180 Å². The van der Waals surface area contributed by atoms with E-state index in [4.69, 9.17) is 16.1 Å². The molecular formula is C24H22ClN3O2. The molecule has 0 saturated carbocycles. The molecule has 4 rings (SSSR count). The van der Waals surface area contributed by atoms with Gasteiger partial charge in [-0.2, -0.15) is 0 Å². The van der Waals surface area contributed by atoms with Crippen molar-refractivity contribution >= 4 is 28.3 Å². The van der Waals surface area contributed by atoms with Crippen molar-refractivity contribution in [2.45, 2.75) is 6.04 Å². The lowest BCUT2D eigenvalue weighted by Gasteiger charge is -2.25. The van der Waals surface area contributed by atoms with Gasteiger partial charge in [0.1, 0.15) is 0 Å². The van der Waals surface area contributed by atoms with Crippen LogP contribution >= 0.6 is 11.6 Å². The van der Waals surface area contributed by atoms with Gasteiger partial charge in [-0.25, -0.2) is 0 Å². The van der Waals surface area contributed by atoms with Gasteiger partial charge in [0, 0.05) is 23.2 Å². The smallest absolute Gasteiger partial charge is 0.273 e. The Morgan fingerprint density at radius 2 is 1.77 bits per heavy atom. The molecule has 1 unspecified atom stereocenters. The molecule has 0 aliphatic carbocycles. The van der Waals surface area contributed by atoms with E-state index in [9.17, 15) is 4.79 Å². The minimum atomic E-state index is -0.272. The third kappa shape index (κ3) is 4.37. The average molecular weight is 420 g/mol. The molecule has 1 N–H and O–H groups in total. The first-order chi connectivity index (χ1) is 14.5. The molecule has 0 saturated heterocycles. The fraction of sp³-hybridized carbons (Fsp3) is 0.167. The second kappa shape index (κ2) is 8.69. The summed E-state index contributed by atoms with van der Waals surface area (Å²) in [7, 11) is 3.94. The topological polar surface area (TPSA) is 58.4 Å². The minimum Gasteiger partial charge on any atom is -0.355 e. The number of carbonyl (C=O) groups excluding carboxylic acids is 1. The number of halogens is 1. The first kappa shape index (κ1) is 20.1. The summed E-state index contributed by atoms with van der Waals surface area (Å²) in [5.41, 5.74) is 2.21. The molecule has 1 amide bonds. The number of hydrogen-bond acceptors (Lipinski definition) is 4. The highest BCUT2D eigenvalue weighted by molar-refractivity contribution is 6.30. The van der Waals surface area contributed by atoms with E-state index in [1.165, 1.54) is 0 Å². The fourth-order valence-corrected chi connectivity index (χ4v) is 3.55. The summed E-state index contributed by atoms with van der Waals surface area (Å²) in [6.45, 7) is 0.436. The molecule has 0 aliphatic heterocycles. The van der Waals surface area contributed by atoms with Gasteiger partial charge >= 0.3 is 0 Å². The number of benzene rings is 3. The van der Waals surface area contributed by atoms with E-state index in [0.717, 1.165) is 21.9 Å². The second-order valence-electron chi connectivity index (χ2n) is 7.38. The summed E-state index contributed by atoms with van der Waals surface area (Å²) in [6.07, 6.45) is 0. The molecule has 6 heteroatoms. The number of amides is 1. The molecule has 5 nitrogen and oxygen atoms in total. The van der Waals surface area contributed by atoms with Gasteiger partial charge in [0.05, 0.1) is 6.04 Å². The zero-order valence-corrected chi connectivity index (χ0v) is 17.6. The number of carbonyl (C=O) groups is 1. The van der Waals surface area contributed by atoms with E-state index in [2.05, 4.69) is 16.5 Å². The van der Waals surface area contributed by atoms with Crippen molar-refractivity contribution in [3.63, 3.8) is 0 Å². The van der Waals surface area contributed by atoms with Gasteiger partial charge < -0.3 is 14.7 Å². The SMILES string of the molecule is CN(C)C(CNC(=O)c1cc(-c2ccc3ccccc3c2)on1)c1ccc(Cl)cc1. The molecule has 1 atom stereocenters. The molecular weight excluding hydrogens is 398 g/mol. The van der Waals surface area contributed by atoms with Gasteiger partial charge in [-0.15, -0.1) is 0 Å². The van der Waals surface area contributed by atoms with Gasteiger partial charge in [0.15, 0.2) is 11.5 Å². The van der Waals surface area contributed by atoms with E-state index in [1.54, 1.807) is 6.07 Å². The molecule has 0 bridgehead atoms. The summed E-state index contributed by atoms with van der Waals surface area (Å²) in [5.74, 6) is 0.291. The first-order valence-electron chi connectivity index (χ1n) is 9.67. The maximum absolute atomic E-state index is 12.6. The van der Waals surface area contributed by atoms with Gasteiger partial charge in [0.25, 0.3) is 5.91 Å². The van der Waals surface area contributed by atoms with Crippen LogP contribution in [0.25, 0.3) is 22.1 Å². The van der Waals surface area contributed by atoms with Crippen LogP contribution in [0, 0.1) is 0 Å². The number of aromatic nitrogens is 1. The largest absolute Gasteiger partial charge is 0.355 e. The zero-order valence-electron chi connectivity index (χ0n) is 16.8. The van der Waals surface area contributed by atoms with E-state index in [1.807, 2.05) is 79.7 Å². The molecule has 30 heavy (non-hydrogen) atoms. The number of nitrogens with zero attached hydrogens (tertiary/aromatic N) is 2. The fourth-order valence-electron chi connectivity index (χ4n) is 3.42. The van der Waals surface area contributed by atoms with Crippen molar-refractivity contribution in [2.75, 3.05) is 20.6 Å². The molecule has 1 aromatic heterocycles. The van der Waals surface area contributed by atoms with Crippen LogP contribution in [-0.4, -0.2) is 36.6 Å². The van der Waals surface area contributed by atoms with Crippen LogP contribution < -0.4 is 5.32 Å². The third-order valence-electron chi connectivity index (χ3n) is 5.11. The Bertz CT molecular complexity index is 1170. The third-order valence-corrected chi connectivity index (χ3v) is 5.36. The quantitative estimate of drug-likeness (QED) is 0.467. The zero-order chi connectivity index (χ0) is 21.1. The summed E-state index contributed by atoms with van der Waals surface area (Å²) in [5, 5.41) is 9.85. The van der Waals surface area contributed by atoms with Crippen LogP contribution in [0.15, 0.2) is 77.3 Å². The molecule has 1 heterocycles. The lowest BCUT2D eigenvalue weighted by molar-refractivity contribution is 0.0933. The number of rotatable bonds is 6. The van der Waals surface area contributed by atoms with Crippen LogP contribution in [0.4, 0.5) is 0 Å². The molecule has 0 aliphatic rings. The highest BCUT2D eigenvalue weighted by Gasteiger charge is 2.18. The number of hydrogen-bond donors (Lipinski definition) is 1. The molecule has 0 fully saturated rings. The standard InChI is InChI=1S/C24H22ClN3O2/c1-28(2)22(17-9-11-20(25)12-10-17)15-26-24(29)21-14-23(30-27-21)19-8-7-16-5-3-4-6-18(16)13-19/h3-14,22H,15H2,1-2H3,(H,26,29). The highest BCUT2D eigenvalue weighted by Crippen LogP contribution is 2.25. The van der Waals surface area contributed by atoms with Crippen molar-refractivity contribution in [2.24, 2.45) is 0 Å². The number of fused-ring (bicyclic) bond motifs is 1. The van der Waals surface area contributed by atoms with Gasteiger partial charge in [-0.05, 0) is 48.6 Å². The van der Waals surface area contributed by atoms with Crippen molar-refractivity contribution in [1.29, 1.82) is 0 Å². The molecule has 0 spiro atoms. The lowest BCUT2D eigenvalue weighted by Crippen LogP contribution is -2.34. The Morgan fingerprint density at radius 3 is 2.50 bits per heavy atom. The molecule has 3 aromatic carbocycles. The molecule has 0 radical (unpaired) electrons. The number of likely N-dealkylation sites (N-methyl/N-ethyl adjacent to an activating group) is 1. The highest BCUT2D eigenvalue weighted by atomic mass is 35.5. The normalized spacial score (nSPS) is 12.3. The number of nitrogens with one attached hydrogen (secondary N) is 1. The Balaban J connectivity index is 1.47. The predicted octanol–water partition coefficient (Wildman–Crippen LogP) is 5.18. The van der Waals surface area contributed by atoms with Crippen LogP contribution in [-0.2, 0) is 0 Å². The molecule has 4 aromatic rings. The second-order valence-corrected chi connectivity index (χ2v) is 7.82. The van der Waals surface area contributed by atoms with Crippen molar-refractivity contribution in [3.8, 4) is 11.3 Å². The predicted molar refractivity (Wildman–Crippen MR) is 120 cm³/mol. The van der Waals surface area contributed by atoms with E-state index < -0.39 is 0 Å². The average Bonchev–Trinajstić information content (AvgIpc) is 3.25. The summed E-state index contributed by atoms with van der Waals surface area (Å²) in [4.78, 5) is 14.7. The Morgan fingerprint density at radius 1 is 1.03 bits per heavy atom. The van der Waals surface area contributed by atoms with E-state index >= 15 is 0 Å².